The molecule has 19 heavy (non-hydrogen) atoms. The van der Waals surface area contributed by atoms with Gasteiger partial charge >= 0.3 is 0 Å². The number of rotatable bonds is 4. The summed E-state index contributed by atoms with van der Waals surface area (Å²) in [5, 5.41) is 1.87. The molecule has 0 aliphatic rings. The fourth-order valence-corrected chi connectivity index (χ4v) is 1.89. The molecule has 0 fully saturated rings. The molecule has 0 aliphatic heterocycles. The summed E-state index contributed by atoms with van der Waals surface area (Å²) in [5.41, 5.74) is 3.02. The van der Waals surface area contributed by atoms with Crippen LogP contribution in [0.5, 0.6) is 5.88 Å². The number of nitrogens with two attached hydrogens (primary N) is 1. The molecule has 0 aliphatic carbocycles. The molecule has 2 aromatic rings. The standard InChI is InChI=1S/C13H15ClN4O/c1-9-4-3-5-11(18(2)15)10(9)8-19-13-7-16-6-12(14)17-13/h3-7H,8,15H2,1-2H3. The fraction of sp³-hybridized carbons (Fsp3) is 0.231. The molecule has 0 atom stereocenters. The lowest BCUT2D eigenvalue weighted by Crippen LogP contribution is -2.26. The van der Waals surface area contributed by atoms with Crippen LogP contribution < -0.4 is 15.6 Å². The van der Waals surface area contributed by atoms with E-state index < -0.39 is 0 Å². The van der Waals surface area contributed by atoms with Crippen LogP contribution in [-0.2, 0) is 6.61 Å². The molecule has 1 aromatic heterocycles. The topological polar surface area (TPSA) is 64.3 Å². The molecule has 5 nitrogen and oxygen atoms in total. The van der Waals surface area contributed by atoms with E-state index in [0.717, 1.165) is 16.8 Å². The monoisotopic (exact) mass is 278 g/mol. The van der Waals surface area contributed by atoms with Gasteiger partial charge in [-0.25, -0.2) is 5.84 Å². The van der Waals surface area contributed by atoms with Crippen LogP contribution in [0.2, 0.25) is 5.15 Å². The van der Waals surface area contributed by atoms with E-state index in [1.807, 2.05) is 25.1 Å². The SMILES string of the molecule is Cc1cccc(N(C)N)c1COc1cncc(Cl)n1. The van der Waals surface area contributed by atoms with Crippen LogP contribution >= 0.6 is 11.6 Å². The molecule has 0 bridgehead atoms. The normalized spacial score (nSPS) is 10.3. The van der Waals surface area contributed by atoms with Crippen molar-refractivity contribution < 1.29 is 4.74 Å². The third-order valence-corrected chi connectivity index (χ3v) is 2.90. The van der Waals surface area contributed by atoms with Crippen molar-refractivity contribution >= 4 is 17.3 Å². The average molecular weight is 279 g/mol. The van der Waals surface area contributed by atoms with Crippen LogP contribution in [-0.4, -0.2) is 17.0 Å². The van der Waals surface area contributed by atoms with Crippen molar-refractivity contribution in [3.05, 3.63) is 46.9 Å². The summed E-state index contributed by atoms with van der Waals surface area (Å²) < 4.78 is 5.60. The second-order valence-corrected chi connectivity index (χ2v) is 4.54. The minimum atomic E-state index is 0.304. The number of hydrazine groups is 1. The first-order valence-corrected chi connectivity index (χ1v) is 6.13. The molecular formula is C13H15ClN4O. The maximum Gasteiger partial charge on any atom is 0.234 e. The number of benzene rings is 1. The second-order valence-electron chi connectivity index (χ2n) is 4.15. The van der Waals surface area contributed by atoms with Crippen molar-refractivity contribution in [2.75, 3.05) is 12.1 Å². The lowest BCUT2D eigenvalue weighted by Gasteiger charge is -2.18. The van der Waals surface area contributed by atoms with Crippen LogP contribution in [0.3, 0.4) is 0 Å². The van der Waals surface area contributed by atoms with Gasteiger partial charge in [-0.2, -0.15) is 4.98 Å². The Labute approximate surface area is 117 Å². The van der Waals surface area contributed by atoms with Gasteiger partial charge in [0.15, 0.2) is 5.15 Å². The lowest BCUT2D eigenvalue weighted by atomic mass is 10.1. The number of aryl methyl sites for hydroxylation is 1. The van der Waals surface area contributed by atoms with E-state index in [1.165, 1.54) is 12.4 Å². The quantitative estimate of drug-likeness (QED) is 0.687. The Bertz CT molecular complexity index is 574. The van der Waals surface area contributed by atoms with Gasteiger partial charge < -0.3 is 9.75 Å². The summed E-state index contributed by atoms with van der Waals surface area (Å²) in [6, 6.07) is 5.90. The van der Waals surface area contributed by atoms with E-state index in [4.69, 9.17) is 22.2 Å². The zero-order valence-electron chi connectivity index (χ0n) is 10.8. The molecule has 2 N–H and O–H groups in total. The summed E-state index contributed by atoms with van der Waals surface area (Å²) in [4.78, 5) is 7.95. The van der Waals surface area contributed by atoms with Gasteiger partial charge in [0.1, 0.15) is 6.61 Å². The summed E-state index contributed by atoms with van der Waals surface area (Å²) >= 11 is 5.76. The largest absolute Gasteiger partial charge is 0.472 e. The first-order valence-electron chi connectivity index (χ1n) is 5.75. The van der Waals surface area contributed by atoms with E-state index in [9.17, 15) is 0 Å². The Morgan fingerprint density at radius 3 is 2.84 bits per heavy atom. The number of anilines is 1. The van der Waals surface area contributed by atoms with Gasteiger partial charge in [0, 0.05) is 12.6 Å². The van der Waals surface area contributed by atoms with Gasteiger partial charge in [0.25, 0.3) is 0 Å². The molecule has 100 valence electrons. The van der Waals surface area contributed by atoms with E-state index in [-0.39, 0.29) is 0 Å². The van der Waals surface area contributed by atoms with Crippen LogP contribution in [0.15, 0.2) is 30.6 Å². The summed E-state index contributed by atoms with van der Waals surface area (Å²) in [7, 11) is 1.79. The molecule has 0 amide bonds. The molecule has 2 rings (SSSR count). The van der Waals surface area contributed by atoms with Crippen molar-refractivity contribution in [2.24, 2.45) is 5.84 Å². The minimum Gasteiger partial charge on any atom is -0.472 e. The number of ether oxygens (including phenoxy) is 1. The highest BCUT2D eigenvalue weighted by atomic mass is 35.5. The van der Waals surface area contributed by atoms with Crippen LogP contribution in [0.25, 0.3) is 0 Å². The minimum absolute atomic E-state index is 0.304. The zero-order chi connectivity index (χ0) is 13.8. The van der Waals surface area contributed by atoms with Crippen LogP contribution in [0.1, 0.15) is 11.1 Å². The Kier molecular flexibility index (Phi) is 4.19. The smallest absolute Gasteiger partial charge is 0.234 e. The third kappa shape index (κ3) is 3.33. The van der Waals surface area contributed by atoms with Gasteiger partial charge in [0.2, 0.25) is 5.88 Å². The lowest BCUT2D eigenvalue weighted by molar-refractivity contribution is 0.292. The Hall–Kier alpha value is -1.85. The van der Waals surface area contributed by atoms with Gasteiger partial charge in [-0.1, -0.05) is 23.7 Å². The van der Waals surface area contributed by atoms with E-state index >= 15 is 0 Å². The highest BCUT2D eigenvalue weighted by molar-refractivity contribution is 6.29. The van der Waals surface area contributed by atoms with Crippen molar-refractivity contribution in [1.82, 2.24) is 9.97 Å². The molecule has 1 aromatic carbocycles. The maximum absolute atomic E-state index is 5.81. The molecule has 0 saturated heterocycles. The third-order valence-electron chi connectivity index (χ3n) is 2.71. The van der Waals surface area contributed by atoms with Gasteiger partial charge in [-0.15, -0.1) is 0 Å². The van der Waals surface area contributed by atoms with Crippen LogP contribution in [0.4, 0.5) is 5.69 Å². The Balaban J connectivity index is 2.19. The molecule has 0 spiro atoms. The van der Waals surface area contributed by atoms with Crippen LogP contribution in [0, 0.1) is 6.92 Å². The van der Waals surface area contributed by atoms with E-state index in [2.05, 4.69) is 9.97 Å². The molecule has 0 radical (unpaired) electrons. The molecule has 0 saturated carbocycles. The number of hydrogen-bond donors (Lipinski definition) is 1. The predicted molar refractivity (Wildman–Crippen MR) is 75.1 cm³/mol. The summed E-state index contributed by atoms with van der Waals surface area (Å²) in [5.74, 6) is 6.20. The van der Waals surface area contributed by atoms with Gasteiger partial charge in [-0.05, 0) is 18.6 Å². The second kappa shape index (κ2) is 5.86. The average Bonchev–Trinajstić information content (AvgIpc) is 2.37. The van der Waals surface area contributed by atoms with E-state index in [0.29, 0.717) is 17.6 Å². The highest BCUT2D eigenvalue weighted by Crippen LogP contribution is 2.23. The Morgan fingerprint density at radius 1 is 1.37 bits per heavy atom. The number of nitrogens with zero attached hydrogens (tertiary/aromatic N) is 3. The summed E-state index contributed by atoms with van der Waals surface area (Å²) in [6.45, 7) is 2.37. The van der Waals surface area contributed by atoms with Crippen molar-refractivity contribution in [1.29, 1.82) is 0 Å². The molecular weight excluding hydrogens is 264 g/mol. The van der Waals surface area contributed by atoms with Gasteiger partial charge in [-0.3, -0.25) is 4.98 Å². The van der Waals surface area contributed by atoms with Crippen molar-refractivity contribution in [3.8, 4) is 5.88 Å². The molecule has 1 heterocycles. The first-order chi connectivity index (χ1) is 9.08. The first kappa shape index (κ1) is 13.6. The Morgan fingerprint density at radius 2 is 2.16 bits per heavy atom. The van der Waals surface area contributed by atoms with E-state index in [1.54, 1.807) is 12.1 Å². The highest BCUT2D eigenvalue weighted by Gasteiger charge is 2.09. The zero-order valence-corrected chi connectivity index (χ0v) is 11.6. The summed E-state index contributed by atoms with van der Waals surface area (Å²) in [6.07, 6.45) is 2.98. The maximum atomic E-state index is 5.81. The number of hydrogen-bond acceptors (Lipinski definition) is 5. The molecule has 0 unspecified atom stereocenters. The fourth-order valence-electron chi connectivity index (χ4n) is 1.75. The van der Waals surface area contributed by atoms with Crippen molar-refractivity contribution in [3.63, 3.8) is 0 Å². The predicted octanol–water partition coefficient (Wildman–Crippen LogP) is 2.33. The number of halogens is 1. The number of aromatic nitrogens is 2. The van der Waals surface area contributed by atoms with Gasteiger partial charge in [0.05, 0.1) is 18.1 Å². The van der Waals surface area contributed by atoms with Crippen molar-refractivity contribution in [2.45, 2.75) is 13.5 Å². The molecule has 6 heteroatoms.